The van der Waals surface area contributed by atoms with E-state index in [1.807, 2.05) is 17.5 Å². The second kappa shape index (κ2) is 11.5. The number of nitrogens with one attached hydrogen (secondary N) is 1. The Balaban J connectivity index is 1.38. The van der Waals surface area contributed by atoms with Gasteiger partial charge in [0.25, 0.3) is 0 Å². The van der Waals surface area contributed by atoms with E-state index in [2.05, 4.69) is 20.7 Å². The molecule has 1 N–H and O–H groups in total. The lowest BCUT2D eigenvalue weighted by molar-refractivity contribution is -0.143. The number of amides is 2. The molecule has 2 aliphatic rings. The van der Waals surface area contributed by atoms with Crippen molar-refractivity contribution in [3.8, 4) is 11.4 Å². The summed E-state index contributed by atoms with van der Waals surface area (Å²) in [5, 5.41) is 18.3. The highest BCUT2D eigenvalue weighted by Gasteiger charge is 2.36. The van der Waals surface area contributed by atoms with Gasteiger partial charge in [0.2, 0.25) is 17.6 Å². The highest BCUT2D eigenvalue weighted by molar-refractivity contribution is 7.10. The molecule has 2 amide bonds. The molecule has 9 nitrogen and oxygen atoms in total. The monoisotopic (exact) mass is 528 g/mol. The highest BCUT2D eigenvalue weighted by atomic mass is 35.5. The summed E-state index contributed by atoms with van der Waals surface area (Å²) in [6, 6.07) is 10.3. The molecule has 2 atom stereocenters. The summed E-state index contributed by atoms with van der Waals surface area (Å²) in [6.45, 7) is 0.865. The van der Waals surface area contributed by atoms with Gasteiger partial charge < -0.3 is 15.0 Å². The zero-order valence-electron chi connectivity index (χ0n) is 19.9. The van der Waals surface area contributed by atoms with Gasteiger partial charge in [-0.1, -0.05) is 30.5 Å². The topological polar surface area (TPSA) is 102 Å². The lowest BCUT2D eigenvalue weighted by Crippen LogP contribution is -2.49. The van der Waals surface area contributed by atoms with Crippen molar-refractivity contribution in [1.82, 2.24) is 30.4 Å². The highest BCUT2D eigenvalue weighted by Crippen LogP contribution is 2.29. The SMILES string of the molecule is O=C(NC1CCCC1)C(c1cccs1)N(CC1CCCO1)C(=O)Cn1nnc(-c2ccc(Cl)cc2)n1. The van der Waals surface area contributed by atoms with E-state index in [0.29, 0.717) is 24.0 Å². The third kappa shape index (κ3) is 5.93. The number of halogens is 1. The summed E-state index contributed by atoms with van der Waals surface area (Å²) in [5.74, 6) is -0.00597. The summed E-state index contributed by atoms with van der Waals surface area (Å²) >= 11 is 7.45. The minimum absolute atomic E-state index is 0.107. The van der Waals surface area contributed by atoms with Crippen LogP contribution in [-0.2, 0) is 20.9 Å². The molecular weight excluding hydrogens is 500 g/mol. The van der Waals surface area contributed by atoms with E-state index in [-0.39, 0.29) is 30.5 Å². The maximum Gasteiger partial charge on any atom is 0.248 e. The third-order valence-electron chi connectivity index (χ3n) is 6.65. The number of carbonyl (C=O) groups is 2. The van der Waals surface area contributed by atoms with E-state index in [9.17, 15) is 9.59 Å². The van der Waals surface area contributed by atoms with Gasteiger partial charge in [-0.15, -0.1) is 21.5 Å². The van der Waals surface area contributed by atoms with Gasteiger partial charge in [-0.25, -0.2) is 0 Å². The zero-order valence-corrected chi connectivity index (χ0v) is 21.5. The first-order valence-electron chi connectivity index (χ1n) is 12.4. The molecule has 3 heterocycles. The summed E-state index contributed by atoms with van der Waals surface area (Å²) in [6.07, 6.45) is 5.86. The number of hydrogen-bond acceptors (Lipinski definition) is 7. The molecule has 0 bridgehead atoms. The molecule has 36 heavy (non-hydrogen) atoms. The molecule has 190 valence electrons. The number of hydrogen-bond donors (Lipinski definition) is 1. The van der Waals surface area contributed by atoms with Gasteiger partial charge in [0.1, 0.15) is 12.6 Å². The van der Waals surface area contributed by atoms with E-state index in [1.165, 1.54) is 16.1 Å². The predicted octanol–water partition coefficient (Wildman–Crippen LogP) is 3.86. The Bertz CT molecular complexity index is 1160. The number of rotatable bonds is 9. The van der Waals surface area contributed by atoms with Gasteiger partial charge in [0, 0.05) is 34.7 Å². The lowest BCUT2D eigenvalue weighted by atomic mass is 10.1. The lowest BCUT2D eigenvalue weighted by Gasteiger charge is -2.32. The Labute approximate surface area is 218 Å². The molecule has 11 heteroatoms. The molecule has 2 unspecified atom stereocenters. The fraction of sp³-hybridized carbons (Fsp3) is 0.480. The molecule has 3 aromatic rings. The van der Waals surface area contributed by atoms with Crippen molar-refractivity contribution in [1.29, 1.82) is 0 Å². The van der Waals surface area contributed by atoms with Crippen molar-refractivity contribution in [2.24, 2.45) is 0 Å². The number of ether oxygens (including phenoxy) is 1. The smallest absolute Gasteiger partial charge is 0.248 e. The van der Waals surface area contributed by atoms with Crippen LogP contribution in [0.2, 0.25) is 5.02 Å². The van der Waals surface area contributed by atoms with Gasteiger partial charge in [-0.3, -0.25) is 9.59 Å². The second-order valence-corrected chi connectivity index (χ2v) is 10.7. The number of tetrazole rings is 1. The Hall–Kier alpha value is -2.82. The van der Waals surface area contributed by atoms with Crippen LogP contribution in [0, 0.1) is 0 Å². The van der Waals surface area contributed by atoms with E-state index >= 15 is 0 Å². The minimum Gasteiger partial charge on any atom is -0.376 e. The van der Waals surface area contributed by atoms with Gasteiger partial charge >= 0.3 is 0 Å². The number of aromatic nitrogens is 4. The fourth-order valence-electron chi connectivity index (χ4n) is 4.82. The van der Waals surface area contributed by atoms with Crippen LogP contribution < -0.4 is 5.32 Å². The molecule has 5 rings (SSSR count). The number of benzene rings is 1. The van der Waals surface area contributed by atoms with Crippen molar-refractivity contribution < 1.29 is 14.3 Å². The number of thiophene rings is 1. The first-order chi connectivity index (χ1) is 17.6. The average molecular weight is 529 g/mol. The van der Waals surface area contributed by atoms with Crippen molar-refractivity contribution in [3.63, 3.8) is 0 Å². The molecular formula is C25H29ClN6O3S. The predicted molar refractivity (Wildman–Crippen MR) is 136 cm³/mol. The van der Waals surface area contributed by atoms with Crippen molar-refractivity contribution in [2.75, 3.05) is 13.2 Å². The van der Waals surface area contributed by atoms with E-state index in [0.717, 1.165) is 49.0 Å². The first kappa shape index (κ1) is 24.9. The molecule has 0 spiro atoms. The largest absolute Gasteiger partial charge is 0.376 e. The Morgan fingerprint density at radius 1 is 1.17 bits per heavy atom. The zero-order chi connectivity index (χ0) is 24.9. The molecule has 1 aliphatic carbocycles. The number of nitrogens with zero attached hydrogens (tertiary/aromatic N) is 5. The van der Waals surface area contributed by atoms with Crippen LogP contribution in [0.3, 0.4) is 0 Å². The molecule has 1 saturated heterocycles. The second-order valence-electron chi connectivity index (χ2n) is 9.24. The van der Waals surface area contributed by atoms with Crippen LogP contribution in [0.1, 0.15) is 49.4 Å². The molecule has 0 radical (unpaired) electrons. The van der Waals surface area contributed by atoms with Crippen LogP contribution in [0.4, 0.5) is 0 Å². The van der Waals surface area contributed by atoms with Gasteiger partial charge in [-0.2, -0.15) is 4.80 Å². The molecule has 1 aliphatic heterocycles. The normalized spacial score (nSPS) is 18.9. The molecule has 2 aromatic heterocycles. The molecule has 2 fully saturated rings. The summed E-state index contributed by atoms with van der Waals surface area (Å²) in [7, 11) is 0. The minimum atomic E-state index is -0.735. The quantitative estimate of drug-likeness (QED) is 0.452. The van der Waals surface area contributed by atoms with E-state index in [4.69, 9.17) is 16.3 Å². The first-order valence-corrected chi connectivity index (χ1v) is 13.6. The van der Waals surface area contributed by atoms with Crippen molar-refractivity contribution >= 4 is 34.8 Å². The standard InChI is InChI=1S/C25H29ClN6O3S/c26-18-11-9-17(10-12-18)24-28-30-32(29-24)16-22(33)31(15-20-7-3-13-35-20)23(21-8-4-14-36-21)25(34)27-19-5-1-2-6-19/h4,8-12,14,19-20,23H,1-3,5-7,13,15-16H2,(H,27,34). The van der Waals surface area contributed by atoms with Gasteiger partial charge in [0.15, 0.2) is 0 Å². The van der Waals surface area contributed by atoms with Crippen LogP contribution >= 0.6 is 22.9 Å². The summed E-state index contributed by atoms with van der Waals surface area (Å²) in [5.41, 5.74) is 0.752. The van der Waals surface area contributed by atoms with Crippen LogP contribution in [-0.4, -0.2) is 62.2 Å². The van der Waals surface area contributed by atoms with Crippen LogP contribution in [0.25, 0.3) is 11.4 Å². The Morgan fingerprint density at radius 3 is 2.67 bits per heavy atom. The van der Waals surface area contributed by atoms with Crippen molar-refractivity contribution in [2.45, 2.75) is 63.3 Å². The fourth-order valence-corrected chi connectivity index (χ4v) is 5.78. The van der Waals surface area contributed by atoms with E-state index in [1.54, 1.807) is 29.2 Å². The van der Waals surface area contributed by atoms with Crippen LogP contribution in [0.5, 0.6) is 0 Å². The Morgan fingerprint density at radius 2 is 1.97 bits per heavy atom. The van der Waals surface area contributed by atoms with Crippen molar-refractivity contribution in [3.05, 3.63) is 51.7 Å². The molecule has 1 saturated carbocycles. The Kier molecular flexibility index (Phi) is 7.93. The van der Waals surface area contributed by atoms with Gasteiger partial charge in [-0.05, 0) is 66.6 Å². The van der Waals surface area contributed by atoms with Crippen LogP contribution in [0.15, 0.2) is 41.8 Å². The van der Waals surface area contributed by atoms with Gasteiger partial charge in [0.05, 0.1) is 6.10 Å². The summed E-state index contributed by atoms with van der Waals surface area (Å²) in [4.78, 5) is 31.0. The maximum atomic E-state index is 13.7. The summed E-state index contributed by atoms with van der Waals surface area (Å²) < 4.78 is 5.85. The third-order valence-corrected chi connectivity index (χ3v) is 7.83. The number of carbonyl (C=O) groups excluding carboxylic acids is 2. The van der Waals surface area contributed by atoms with E-state index < -0.39 is 6.04 Å². The maximum absolute atomic E-state index is 13.7. The average Bonchev–Trinajstić information content (AvgIpc) is 3.68. The molecule has 1 aromatic carbocycles.